The smallest absolute Gasteiger partial charge is 0.219 e. The highest BCUT2D eigenvalue weighted by Crippen LogP contribution is 2.27. The molecule has 2 rings (SSSR count). The van der Waals surface area contributed by atoms with Crippen LogP contribution in [0.25, 0.3) is 0 Å². The summed E-state index contributed by atoms with van der Waals surface area (Å²) in [6.45, 7) is 6.91. The van der Waals surface area contributed by atoms with E-state index in [4.69, 9.17) is 0 Å². The van der Waals surface area contributed by atoms with Crippen LogP contribution in [0.5, 0.6) is 0 Å². The van der Waals surface area contributed by atoms with Gasteiger partial charge in [0, 0.05) is 39.3 Å². The molecule has 0 N–H and O–H groups in total. The van der Waals surface area contributed by atoms with Gasteiger partial charge in [0.05, 0.1) is 4.47 Å². The van der Waals surface area contributed by atoms with Crippen LogP contribution >= 0.6 is 15.9 Å². The Morgan fingerprint density at radius 2 is 2.00 bits per heavy atom. The maximum absolute atomic E-state index is 11.2. The van der Waals surface area contributed by atoms with Gasteiger partial charge in [-0.2, -0.15) is 0 Å². The summed E-state index contributed by atoms with van der Waals surface area (Å²) in [4.78, 5) is 19.7. The highest BCUT2D eigenvalue weighted by atomic mass is 79.9. The summed E-state index contributed by atoms with van der Waals surface area (Å²) in [5.41, 5.74) is 1.18. The average Bonchev–Trinajstić information content (AvgIpc) is 2.33. The number of anilines is 1. The van der Waals surface area contributed by atoms with Crippen LogP contribution in [-0.2, 0) is 4.79 Å². The minimum atomic E-state index is 0.154. The van der Waals surface area contributed by atoms with E-state index in [-0.39, 0.29) is 5.91 Å². The summed E-state index contributed by atoms with van der Waals surface area (Å²) in [7, 11) is 0. The van der Waals surface area contributed by atoms with Gasteiger partial charge in [-0.25, -0.2) is 4.98 Å². The van der Waals surface area contributed by atoms with Crippen molar-refractivity contribution in [3.63, 3.8) is 0 Å². The zero-order valence-electron chi connectivity index (χ0n) is 10.1. The number of carbonyl (C=O) groups excluding carboxylic acids is 1. The topological polar surface area (TPSA) is 36.4 Å². The SMILES string of the molecule is CC(=O)N1CCN(c2nccc(C)c2Br)CC1. The fraction of sp³-hybridized carbons (Fsp3) is 0.500. The first-order valence-corrected chi connectivity index (χ1v) is 6.50. The number of halogens is 1. The maximum Gasteiger partial charge on any atom is 0.219 e. The van der Waals surface area contributed by atoms with Crippen LogP contribution in [0.1, 0.15) is 12.5 Å². The van der Waals surface area contributed by atoms with E-state index in [0.717, 1.165) is 36.5 Å². The largest absolute Gasteiger partial charge is 0.352 e. The summed E-state index contributed by atoms with van der Waals surface area (Å²) < 4.78 is 1.05. The van der Waals surface area contributed by atoms with Crippen LogP contribution < -0.4 is 4.90 Å². The molecule has 1 amide bonds. The van der Waals surface area contributed by atoms with Crippen LogP contribution in [0.3, 0.4) is 0 Å². The third-order valence-corrected chi connectivity index (χ3v) is 4.07. The van der Waals surface area contributed by atoms with E-state index < -0.39 is 0 Å². The van der Waals surface area contributed by atoms with E-state index in [2.05, 4.69) is 32.7 Å². The van der Waals surface area contributed by atoms with E-state index in [0.29, 0.717) is 0 Å². The molecule has 1 aliphatic heterocycles. The molecule has 1 saturated heterocycles. The normalized spacial score (nSPS) is 16.2. The van der Waals surface area contributed by atoms with Gasteiger partial charge in [-0.3, -0.25) is 4.79 Å². The number of carbonyl (C=O) groups is 1. The van der Waals surface area contributed by atoms with Crippen molar-refractivity contribution >= 4 is 27.7 Å². The van der Waals surface area contributed by atoms with Crippen molar-refractivity contribution in [2.75, 3.05) is 31.1 Å². The summed E-state index contributed by atoms with van der Waals surface area (Å²) >= 11 is 3.58. The van der Waals surface area contributed by atoms with Crippen LogP contribution in [0.2, 0.25) is 0 Å². The highest BCUT2D eigenvalue weighted by molar-refractivity contribution is 9.10. The first kappa shape index (κ1) is 12.4. The average molecular weight is 298 g/mol. The molecule has 1 aliphatic rings. The standard InChI is InChI=1S/C12H16BrN3O/c1-9-3-4-14-12(11(9)13)16-7-5-15(6-8-16)10(2)17/h3-4H,5-8H2,1-2H3. The fourth-order valence-corrected chi connectivity index (χ4v) is 2.46. The number of amides is 1. The third-order valence-electron chi connectivity index (χ3n) is 3.09. The predicted molar refractivity (Wildman–Crippen MR) is 71.1 cm³/mol. The van der Waals surface area contributed by atoms with E-state index in [1.54, 1.807) is 6.92 Å². The Morgan fingerprint density at radius 3 is 2.59 bits per heavy atom. The molecule has 0 saturated carbocycles. The molecular formula is C12H16BrN3O. The molecule has 0 bridgehead atoms. The zero-order chi connectivity index (χ0) is 12.4. The van der Waals surface area contributed by atoms with Gasteiger partial charge in [0.1, 0.15) is 5.82 Å². The molecule has 0 atom stereocenters. The summed E-state index contributed by atoms with van der Waals surface area (Å²) in [6.07, 6.45) is 1.83. The van der Waals surface area contributed by atoms with Crippen LogP contribution in [0, 0.1) is 6.92 Å². The van der Waals surface area contributed by atoms with E-state index in [1.807, 2.05) is 17.2 Å². The molecule has 5 heteroatoms. The number of rotatable bonds is 1. The Hall–Kier alpha value is -1.10. The molecule has 1 aromatic heterocycles. The molecule has 2 heterocycles. The Bertz CT molecular complexity index is 428. The molecule has 17 heavy (non-hydrogen) atoms. The number of aromatic nitrogens is 1. The summed E-state index contributed by atoms with van der Waals surface area (Å²) in [5, 5.41) is 0. The van der Waals surface area contributed by atoms with E-state index in [9.17, 15) is 4.79 Å². The van der Waals surface area contributed by atoms with Gasteiger partial charge in [-0.05, 0) is 34.5 Å². The monoisotopic (exact) mass is 297 g/mol. The second kappa shape index (κ2) is 5.04. The maximum atomic E-state index is 11.2. The van der Waals surface area contributed by atoms with Crippen molar-refractivity contribution in [2.24, 2.45) is 0 Å². The molecule has 1 fully saturated rings. The number of nitrogens with zero attached hydrogens (tertiary/aromatic N) is 3. The Balaban J connectivity index is 2.10. The Kier molecular flexibility index (Phi) is 3.66. The van der Waals surface area contributed by atoms with Gasteiger partial charge in [0.25, 0.3) is 0 Å². The van der Waals surface area contributed by atoms with Gasteiger partial charge in [0.15, 0.2) is 0 Å². The fourth-order valence-electron chi connectivity index (χ4n) is 1.98. The molecule has 0 radical (unpaired) electrons. The first-order chi connectivity index (χ1) is 8.09. The van der Waals surface area contributed by atoms with Crippen molar-refractivity contribution in [1.82, 2.24) is 9.88 Å². The highest BCUT2D eigenvalue weighted by Gasteiger charge is 2.21. The number of aryl methyl sites for hydroxylation is 1. The number of pyridine rings is 1. The van der Waals surface area contributed by atoms with Crippen molar-refractivity contribution in [3.05, 3.63) is 22.3 Å². The van der Waals surface area contributed by atoms with Crippen LogP contribution in [-0.4, -0.2) is 42.0 Å². The Labute approximate surface area is 110 Å². The summed E-state index contributed by atoms with van der Waals surface area (Å²) in [5.74, 6) is 1.13. The lowest BCUT2D eigenvalue weighted by molar-refractivity contribution is -0.129. The molecule has 0 unspecified atom stereocenters. The van der Waals surface area contributed by atoms with Crippen LogP contribution in [0.4, 0.5) is 5.82 Å². The number of hydrogen-bond donors (Lipinski definition) is 0. The van der Waals surface area contributed by atoms with Crippen molar-refractivity contribution in [1.29, 1.82) is 0 Å². The minimum Gasteiger partial charge on any atom is -0.352 e. The van der Waals surface area contributed by atoms with Gasteiger partial charge in [-0.15, -0.1) is 0 Å². The molecule has 4 nitrogen and oxygen atoms in total. The zero-order valence-corrected chi connectivity index (χ0v) is 11.7. The summed E-state index contributed by atoms with van der Waals surface area (Å²) in [6, 6.07) is 1.99. The van der Waals surface area contributed by atoms with E-state index >= 15 is 0 Å². The minimum absolute atomic E-state index is 0.154. The molecule has 92 valence electrons. The second-order valence-corrected chi connectivity index (χ2v) is 5.05. The Morgan fingerprint density at radius 1 is 1.35 bits per heavy atom. The van der Waals surface area contributed by atoms with Gasteiger partial charge in [-0.1, -0.05) is 0 Å². The first-order valence-electron chi connectivity index (χ1n) is 5.71. The molecule has 0 spiro atoms. The van der Waals surface area contributed by atoms with Gasteiger partial charge < -0.3 is 9.80 Å². The van der Waals surface area contributed by atoms with Crippen molar-refractivity contribution in [3.8, 4) is 0 Å². The molecule has 0 aliphatic carbocycles. The van der Waals surface area contributed by atoms with E-state index in [1.165, 1.54) is 5.56 Å². The van der Waals surface area contributed by atoms with Crippen molar-refractivity contribution < 1.29 is 4.79 Å². The van der Waals surface area contributed by atoms with Gasteiger partial charge in [0.2, 0.25) is 5.91 Å². The van der Waals surface area contributed by atoms with Crippen LogP contribution in [0.15, 0.2) is 16.7 Å². The molecular weight excluding hydrogens is 282 g/mol. The quantitative estimate of drug-likeness (QED) is 0.793. The lowest BCUT2D eigenvalue weighted by Gasteiger charge is -2.35. The molecule has 0 aromatic carbocycles. The lowest BCUT2D eigenvalue weighted by atomic mass is 10.2. The van der Waals surface area contributed by atoms with Crippen molar-refractivity contribution in [2.45, 2.75) is 13.8 Å². The molecule has 1 aromatic rings. The van der Waals surface area contributed by atoms with Gasteiger partial charge >= 0.3 is 0 Å². The number of hydrogen-bond acceptors (Lipinski definition) is 3. The number of piperazine rings is 1. The third kappa shape index (κ3) is 2.60. The predicted octanol–water partition coefficient (Wildman–Crippen LogP) is 1.82. The second-order valence-electron chi connectivity index (χ2n) is 4.26. The lowest BCUT2D eigenvalue weighted by Crippen LogP contribution is -2.48.